The number of nitrogens with two attached hydrogens (primary N) is 1. The van der Waals surface area contributed by atoms with E-state index in [9.17, 15) is 9.18 Å². The van der Waals surface area contributed by atoms with Crippen LogP contribution in [0.25, 0.3) is 0 Å². The van der Waals surface area contributed by atoms with Crippen LogP contribution in [0.2, 0.25) is 0 Å². The van der Waals surface area contributed by atoms with Crippen molar-refractivity contribution in [1.82, 2.24) is 0 Å². The summed E-state index contributed by atoms with van der Waals surface area (Å²) in [6.45, 7) is 2.40. The van der Waals surface area contributed by atoms with E-state index in [1.54, 1.807) is 12.1 Å². The van der Waals surface area contributed by atoms with Gasteiger partial charge in [0.25, 0.3) is 0 Å². The number of hydrogen-bond acceptors (Lipinski definition) is 2. The highest BCUT2D eigenvalue weighted by Crippen LogP contribution is 2.29. The molecule has 2 rings (SSSR count). The summed E-state index contributed by atoms with van der Waals surface area (Å²) in [4.78, 5) is 12.2. The Labute approximate surface area is 125 Å². The van der Waals surface area contributed by atoms with Gasteiger partial charge in [0.2, 0.25) is 5.91 Å². The van der Waals surface area contributed by atoms with Crippen LogP contribution in [0.4, 0.5) is 10.1 Å². The predicted octanol–water partition coefficient (Wildman–Crippen LogP) is 2.90. The molecule has 3 N–H and O–H groups in total. The van der Waals surface area contributed by atoms with Gasteiger partial charge in [-0.2, -0.15) is 0 Å². The van der Waals surface area contributed by atoms with E-state index in [4.69, 9.17) is 5.73 Å². The second-order valence-electron chi connectivity index (χ2n) is 5.65. The van der Waals surface area contributed by atoms with Gasteiger partial charge in [-0.05, 0) is 49.8 Å². The number of amides is 1. The minimum absolute atomic E-state index is 0.0197. The van der Waals surface area contributed by atoms with Crippen molar-refractivity contribution >= 4 is 11.6 Å². The van der Waals surface area contributed by atoms with Gasteiger partial charge in [-0.3, -0.25) is 4.79 Å². The van der Waals surface area contributed by atoms with Crippen LogP contribution in [0, 0.1) is 29.5 Å². The van der Waals surface area contributed by atoms with Gasteiger partial charge in [-0.15, -0.1) is 0 Å². The molecule has 0 aliphatic heterocycles. The summed E-state index contributed by atoms with van der Waals surface area (Å²) in [6, 6.07) is 4.44. The van der Waals surface area contributed by atoms with Crippen LogP contribution >= 0.6 is 0 Å². The first-order valence-corrected chi connectivity index (χ1v) is 7.39. The standard InChI is InChI=1S/C17H21FN2O/c1-12-4-6-13(7-5-12)17(21)20-15-8-9-16(18)14(11-15)3-2-10-19/h8-9,11-13H,4-7,10,19H2,1H3,(H,20,21). The summed E-state index contributed by atoms with van der Waals surface area (Å²) in [7, 11) is 0. The second-order valence-corrected chi connectivity index (χ2v) is 5.65. The third-order valence-corrected chi connectivity index (χ3v) is 3.95. The third-order valence-electron chi connectivity index (χ3n) is 3.95. The molecule has 0 bridgehead atoms. The molecule has 112 valence electrons. The lowest BCUT2D eigenvalue weighted by atomic mass is 9.82. The van der Waals surface area contributed by atoms with Crippen molar-refractivity contribution < 1.29 is 9.18 Å². The number of rotatable bonds is 2. The highest BCUT2D eigenvalue weighted by Gasteiger charge is 2.24. The number of benzene rings is 1. The van der Waals surface area contributed by atoms with Gasteiger partial charge in [-0.25, -0.2) is 4.39 Å². The first-order valence-electron chi connectivity index (χ1n) is 7.39. The molecule has 0 unspecified atom stereocenters. The number of hydrogen-bond donors (Lipinski definition) is 2. The zero-order chi connectivity index (χ0) is 15.2. The van der Waals surface area contributed by atoms with Crippen molar-refractivity contribution in [2.75, 3.05) is 11.9 Å². The number of nitrogens with one attached hydrogen (secondary N) is 1. The molecule has 0 heterocycles. The van der Waals surface area contributed by atoms with Crippen molar-refractivity contribution in [3.63, 3.8) is 0 Å². The fourth-order valence-electron chi connectivity index (χ4n) is 2.61. The molecule has 1 aliphatic carbocycles. The zero-order valence-electron chi connectivity index (χ0n) is 12.3. The second kappa shape index (κ2) is 7.24. The third kappa shape index (κ3) is 4.30. The first-order chi connectivity index (χ1) is 10.1. The normalized spacial score (nSPS) is 21.3. The van der Waals surface area contributed by atoms with Crippen molar-refractivity contribution in [1.29, 1.82) is 0 Å². The van der Waals surface area contributed by atoms with Crippen LogP contribution in [0.3, 0.4) is 0 Å². The maximum atomic E-state index is 13.6. The predicted molar refractivity (Wildman–Crippen MR) is 82.1 cm³/mol. The molecule has 0 aromatic heterocycles. The molecule has 4 heteroatoms. The minimum atomic E-state index is -0.402. The number of carbonyl (C=O) groups excluding carboxylic acids is 1. The highest BCUT2D eigenvalue weighted by molar-refractivity contribution is 5.92. The number of halogens is 1. The number of carbonyl (C=O) groups is 1. The molecule has 1 aliphatic rings. The van der Waals surface area contributed by atoms with Crippen LogP contribution in [0.5, 0.6) is 0 Å². The Morgan fingerprint density at radius 3 is 2.76 bits per heavy atom. The van der Waals surface area contributed by atoms with Crippen LogP contribution in [0.1, 0.15) is 38.2 Å². The van der Waals surface area contributed by atoms with Gasteiger partial charge in [0, 0.05) is 11.6 Å². The highest BCUT2D eigenvalue weighted by atomic mass is 19.1. The van der Waals surface area contributed by atoms with Gasteiger partial charge < -0.3 is 11.1 Å². The summed E-state index contributed by atoms with van der Waals surface area (Å²) in [5.74, 6) is 5.67. The summed E-state index contributed by atoms with van der Waals surface area (Å²) >= 11 is 0. The van der Waals surface area contributed by atoms with E-state index in [0.717, 1.165) is 25.7 Å². The zero-order valence-corrected chi connectivity index (χ0v) is 12.3. The number of anilines is 1. The van der Waals surface area contributed by atoms with E-state index in [1.165, 1.54) is 6.07 Å². The van der Waals surface area contributed by atoms with E-state index in [1.807, 2.05) is 0 Å². The lowest BCUT2D eigenvalue weighted by Crippen LogP contribution is -2.26. The minimum Gasteiger partial charge on any atom is -0.326 e. The summed E-state index contributed by atoms with van der Waals surface area (Å²) in [6.07, 6.45) is 4.03. The summed E-state index contributed by atoms with van der Waals surface area (Å²) in [5.41, 5.74) is 6.13. The van der Waals surface area contributed by atoms with Crippen LogP contribution in [-0.4, -0.2) is 12.5 Å². The Morgan fingerprint density at radius 1 is 1.38 bits per heavy atom. The molecule has 3 nitrogen and oxygen atoms in total. The molecule has 1 fully saturated rings. The molecule has 0 saturated heterocycles. The van der Waals surface area contributed by atoms with Crippen molar-refractivity contribution in [3.05, 3.63) is 29.6 Å². The molecule has 0 atom stereocenters. The smallest absolute Gasteiger partial charge is 0.227 e. The Morgan fingerprint density at radius 2 is 2.10 bits per heavy atom. The quantitative estimate of drug-likeness (QED) is 0.822. The largest absolute Gasteiger partial charge is 0.326 e. The molecule has 1 amide bonds. The van der Waals surface area contributed by atoms with Gasteiger partial charge in [0.05, 0.1) is 12.1 Å². The van der Waals surface area contributed by atoms with E-state index in [-0.39, 0.29) is 23.9 Å². The Balaban J connectivity index is 2.04. The van der Waals surface area contributed by atoms with E-state index >= 15 is 0 Å². The average Bonchev–Trinajstić information content (AvgIpc) is 2.48. The Hall–Kier alpha value is -1.86. The lowest BCUT2D eigenvalue weighted by Gasteiger charge is -2.25. The monoisotopic (exact) mass is 288 g/mol. The SMILES string of the molecule is CC1CCC(C(=O)Nc2ccc(F)c(C#CCN)c2)CC1. The summed E-state index contributed by atoms with van der Waals surface area (Å²) in [5, 5.41) is 2.87. The van der Waals surface area contributed by atoms with Crippen LogP contribution in [-0.2, 0) is 4.79 Å². The first kappa shape index (κ1) is 15.5. The van der Waals surface area contributed by atoms with Crippen molar-refractivity contribution in [2.45, 2.75) is 32.6 Å². The van der Waals surface area contributed by atoms with E-state index in [0.29, 0.717) is 11.6 Å². The fraction of sp³-hybridized carbons (Fsp3) is 0.471. The topological polar surface area (TPSA) is 55.1 Å². The lowest BCUT2D eigenvalue weighted by molar-refractivity contribution is -0.121. The van der Waals surface area contributed by atoms with Crippen molar-refractivity contribution in [2.24, 2.45) is 17.6 Å². The molecule has 0 spiro atoms. The van der Waals surface area contributed by atoms with Crippen LogP contribution < -0.4 is 11.1 Å². The van der Waals surface area contributed by atoms with Gasteiger partial charge in [0.15, 0.2) is 0 Å². The van der Waals surface area contributed by atoms with Gasteiger partial charge >= 0.3 is 0 Å². The van der Waals surface area contributed by atoms with Gasteiger partial charge in [-0.1, -0.05) is 18.8 Å². The molecule has 1 aromatic carbocycles. The molecular weight excluding hydrogens is 267 g/mol. The molecular formula is C17H21FN2O. The fourth-order valence-corrected chi connectivity index (χ4v) is 2.61. The average molecular weight is 288 g/mol. The molecule has 21 heavy (non-hydrogen) atoms. The van der Waals surface area contributed by atoms with E-state index in [2.05, 4.69) is 24.1 Å². The van der Waals surface area contributed by atoms with E-state index < -0.39 is 5.82 Å². The van der Waals surface area contributed by atoms with Crippen LogP contribution in [0.15, 0.2) is 18.2 Å². The molecule has 1 saturated carbocycles. The van der Waals surface area contributed by atoms with Gasteiger partial charge in [0.1, 0.15) is 5.82 Å². The molecule has 0 radical (unpaired) electrons. The maximum absolute atomic E-state index is 13.6. The Kier molecular flexibility index (Phi) is 5.35. The summed E-state index contributed by atoms with van der Waals surface area (Å²) < 4.78 is 13.6. The van der Waals surface area contributed by atoms with Crippen molar-refractivity contribution in [3.8, 4) is 11.8 Å². The maximum Gasteiger partial charge on any atom is 0.227 e. The Bertz CT molecular complexity index is 566. The molecule has 1 aromatic rings.